The molecule has 0 N–H and O–H groups in total. The van der Waals surface area contributed by atoms with Crippen molar-refractivity contribution in [1.82, 2.24) is 4.98 Å². The highest BCUT2D eigenvalue weighted by Crippen LogP contribution is 2.20. The van der Waals surface area contributed by atoms with Crippen molar-refractivity contribution in [3.63, 3.8) is 0 Å². The molecule has 0 aliphatic rings. The summed E-state index contributed by atoms with van der Waals surface area (Å²) in [5, 5.41) is 0. The van der Waals surface area contributed by atoms with Gasteiger partial charge in [0.25, 0.3) is 0 Å². The fourth-order valence-corrected chi connectivity index (χ4v) is 3.36. The van der Waals surface area contributed by atoms with Crippen molar-refractivity contribution in [3.05, 3.63) is 54.9 Å². The van der Waals surface area contributed by atoms with Gasteiger partial charge in [-0.15, -0.1) is 18.9 Å². The van der Waals surface area contributed by atoms with Gasteiger partial charge in [-0.25, -0.2) is 0 Å². The molecule has 0 spiro atoms. The number of carbonyl (C=O) groups excluding carboxylic acids is 1. The number of pyridine rings is 1. The van der Waals surface area contributed by atoms with Crippen LogP contribution in [-0.4, -0.2) is 10.8 Å². The van der Waals surface area contributed by atoms with Crippen molar-refractivity contribution >= 4 is 5.78 Å². The number of aryl methyl sites for hydroxylation is 1. The van der Waals surface area contributed by atoms with E-state index in [1.54, 1.807) is 0 Å². The van der Waals surface area contributed by atoms with E-state index in [4.69, 9.17) is 6.42 Å². The zero-order valence-corrected chi connectivity index (χ0v) is 17.5. The van der Waals surface area contributed by atoms with Gasteiger partial charge in [0.15, 0.2) is 0 Å². The van der Waals surface area contributed by atoms with Crippen LogP contribution in [0.2, 0.25) is 0 Å². The molecule has 1 aromatic rings. The van der Waals surface area contributed by atoms with E-state index in [0.717, 1.165) is 63.5 Å². The second kappa shape index (κ2) is 17.0. The minimum absolute atomic E-state index is 0.147. The van der Waals surface area contributed by atoms with Gasteiger partial charge < -0.3 is 0 Å². The minimum atomic E-state index is 0.147. The van der Waals surface area contributed by atoms with E-state index >= 15 is 0 Å². The van der Waals surface area contributed by atoms with Gasteiger partial charge in [-0.1, -0.05) is 37.1 Å². The van der Waals surface area contributed by atoms with Crippen molar-refractivity contribution in [2.75, 3.05) is 0 Å². The van der Waals surface area contributed by atoms with Crippen LogP contribution in [-0.2, 0) is 11.2 Å². The van der Waals surface area contributed by atoms with Crippen LogP contribution >= 0.6 is 0 Å². The van der Waals surface area contributed by atoms with Gasteiger partial charge in [0.2, 0.25) is 0 Å². The number of aromatic nitrogens is 1. The molecule has 1 unspecified atom stereocenters. The minimum Gasteiger partial charge on any atom is -0.299 e. The summed E-state index contributed by atoms with van der Waals surface area (Å²) in [7, 11) is 0. The predicted molar refractivity (Wildman–Crippen MR) is 120 cm³/mol. The van der Waals surface area contributed by atoms with Crippen LogP contribution in [0.3, 0.4) is 0 Å². The summed E-state index contributed by atoms with van der Waals surface area (Å²) in [6, 6.07) is 5.99. The van der Waals surface area contributed by atoms with E-state index < -0.39 is 0 Å². The van der Waals surface area contributed by atoms with Gasteiger partial charge in [-0.3, -0.25) is 9.78 Å². The first-order valence-corrected chi connectivity index (χ1v) is 10.9. The van der Waals surface area contributed by atoms with Crippen molar-refractivity contribution in [2.24, 2.45) is 5.92 Å². The Morgan fingerprint density at radius 3 is 2.68 bits per heavy atom. The van der Waals surface area contributed by atoms with Crippen LogP contribution in [0.5, 0.6) is 0 Å². The monoisotopic (exact) mass is 379 g/mol. The summed E-state index contributed by atoms with van der Waals surface area (Å²) < 4.78 is 0. The van der Waals surface area contributed by atoms with Gasteiger partial charge >= 0.3 is 0 Å². The molecule has 0 saturated carbocycles. The van der Waals surface area contributed by atoms with Crippen LogP contribution in [0.4, 0.5) is 0 Å². The van der Waals surface area contributed by atoms with Crippen molar-refractivity contribution < 1.29 is 4.79 Å². The highest BCUT2D eigenvalue weighted by molar-refractivity contribution is 5.80. The number of hydrogen-bond acceptors (Lipinski definition) is 2. The van der Waals surface area contributed by atoms with E-state index in [1.165, 1.54) is 12.8 Å². The first-order valence-electron chi connectivity index (χ1n) is 10.9. The number of ketones is 1. The molecular formula is C26H37NO. The lowest BCUT2D eigenvalue weighted by Gasteiger charge is -2.14. The predicted octanol–water partition coefficient (Wildman–Crippen LogP) is 6.87. The summed E-state index contributed by atoms with van der Waals surface area (Å²) >= 11 is 0. The third-order valence-electron chi connectivity index (χ3n) is 5.05. The van der Waals surface area contributed by atoms with Crippen molar-refractivity contribution in [3.8, 4) is 12.3 Å². The topological polar surface area (TPSA) is 30.0 Å². The summed E-state index contributed by atoms with van der Waals surface area (Å²) in [6.45, 7) is 3.73. The summed E-state index contributed by atoms with van der Waals surface area (Å²) in [5.41, 5.74) is 1.11. The van der Waals surface area contributed by atoms with Gasteiger partial charge in [0.1, 0.15) is 5.78 Å². The average molecular weight is 380 g/mol. The lowest BCUT2D eigenvalue weighted by molar-refractivity contribution is -0.123. The Balaban J connectivity index is 2.20. The molecule has 152 valence electrons. The summed E-state index contributed by atoms with van der Waals surface area (Å²) in [5.74, 6) is 3.25. The molecule has 0 aliphatic heterocycles. The Hall–Kier alpha value is -2.14. The normalized spacial score (nSPS) is 12.0. The Morgan fingerprint density at radius 1 is 1.07 bits per heavy atom. The zero-order chi connectivity index (χ0) is 20.3. The number of allylic oxidation sites excluding steroid dienone is 3. The summed E-state index contributed by atoms with van der Waals surface area (Å²) in [6.07, 6.45) is 26.6. The van der Waals surface area contributed by atoms with Crippen molar-refractivity contribution in [1.29, 1.82) is 0 Å². The van der Waals surface area contributed by atoms with Crippen LogP contribution in [0.1, 0.15) is 82.7 Å². The molecule has 1 aromatic heterocycles. The van der Waals surface area contributed by atoms with E-state index in [1.807, 2.05) is 30.5 Å². The largest absolute Gasteiger partial charge is 0.299 e. The smallest absolute Gasteiger partial charge is 0.136 e. The van der Waals surface area contributed by atoms with Crippen LogP contribution in [0.25, 0.3) is 0 Å². The Morgan fingerprint density at radius 2 is 1.93 bits per heavy atom. The molecule has 0 fully saturated rings. The van der Waals surface area contributed by atoms with E-state index in [-0.39, 0.29) is 5.92 Å². The molecular weight excluding hydrogens is 342 g/mol. The van der Waals surface area contributed by atoms with Crippen molar-refractivity contribution in [2.45, 2.75) is 83.5 Å². The number of unbranched alkanes of at least 4 members (excludes halogenated alkanes) is 5. The number of rotatable bonds is 17. The average Bonchev–Trinajstić information content (AvgIpc) is 2.72. The standard InChI is InChI=1S/C26H37NO/c1-3-5-7-8-9-10-11-12-13-19-24(18-6-4-2)26(28)22-15-14-20-25-21-16-17-23-27-25/h2-3,8-9,16-17,21,23-24H,1,5-7,10-15,18-20,22H2. The maximum atomic E-state index is 12.6. The molecule has 0 aliphatic carbocycles. The summed E-state index contributed by atoms with van der Waals surface area (Å²) in [4.78, 5) is 17.0. The second-order valence-electron chi connectivity index (χ2n) is 7.41. The number of nitrogens with zero attached hydrogens (tertiary/aromatic N) is 1. The third kappa shape index (κ3) is 12.3. The molecule has 2 heteroatoms. The zero-order valence-electron chi connectivity index (χ0n) is 17.5. The fourth-order valence-electron chi connectivity index (χ4n) is 3.36. The number of hydrogen-bond donors (Lipinski definition) is 0. The molecule has 0 saturated heterocycles. The number of terminal acetylenes is 1. The molecule has 1 atom stereocenters. The lowest BCUT2D eigenvalue weighted by Crippen LogP contribution is -2.14. The van der Waals surface area contributed by atoms with Crippen LogP contribution in [0.15, 0.2) is 49.2 Å². The molecule has 2 nitrogen and oxygen atoms in total. The molecule has 0 aromatic carbocycles. The van der Waals surface area contributed by atoms with E-state index in [9.17, 15) is 4.79 Å². The van der Waals surface area contributed by atoms with Gasteiger partial charge in [0.05, 0.1) is 0 Å². The van der Waals surface area contributed by atoms with Crippen LogP contribution in [0, 0.1) is 18.3 Å². The van der Waals surface area contributed by atoms with Gasteiger partial charge in [-0.2, -0.15) is 0 Å². The quantitative estimate of drug-likeness (QED) is 0.168. The maximum Gasteiger partial charge on any atom is 0.136 e. The molecule has 28 heavy (non-hydrogen) atoms. The highest BCUT2D eigenvalue weighted by atomic mass is 16.1. The Kier molecular flexibility index (Phi) is 14.5. The number of Topliss-reactive ketones (excluding diaryl/α,β-unsaturated/α-hetero) is 1. The molecule has 1 heterocycles. The van der Waals surface area contributed by atoms with Gasteiger partial charge in [0, 0.05) is 30.7 Å². The van der Waals surface area contributed by atoms with E-state index in [0.29, 0.717) is 18.6 Å². The first-order chi connectivity index (χ1) is 13.8. The molecule has 1 rings (SSSR count). The third-order valence-corrected chi connectivity index (χ3v) is 5.05. The number of carbonyl (C=O) groups is 1. The molecule has 0 radical (unpaired) electrons. The fraction of sp³-hybridized carbons (Fsp3) is 0.538. The van der Waals surface area contributed by atoms with Crippen LogP contribution < -0.4 is 0 Å². The highest BCUT2D eigenvalue weighted by Gasteiger charge is 2.17. The molecule has 0 amide bonds. The SMILES string of the molecule is C#CCCC(CCCCCC=CCCC=C)C(=O)CCCCc1ccccn1. The Bertz CT molecular complexity index is 597. The van der Waals surface area contributed by atoms with E-state index in [2.05, 4.69) is 29.6 Å². The lowest BCUT2D eigenvalue weighted by atomic mass is 9.89. The molecule has 0 bridgehead atoms. The first kappa shape index (κ1) is 23.9. The maximum absolute atomic E-state index is 12.6. The Labute approximate surface area is 172 Å². The second-order valence-corrected chi connectivity index (χ2v) is 7.41. The van der Waals surface area contributed by atoms with Gasteiger partial charge in [-0.05, 0) is 69.9 Å².